The van der Waals surface area contributed by atoms with Gasteiger partial charge in [0.15, 0.2) is 0 Å². The Morgan fingerprint density at radius 1 is 1.33 bits per heavy atom. The quantitative estimate of drug-likeness (QED) is 0.306. The Kier molecular flexibility index (Phi) is 7.64. The summed E-state index contributed by atoms with van der Waals surface area (Å²) in [5.41, 5.74) is -3.15. The molecule has 0 saturated heterocycles. The van der Waals surface area contributed by atoms with Crippen molar-refractivity contribution in [1.29, 1.82) is 0 Å². The molecule has 0 aliphatic heterocycles. The Labute approximate surface area is 157 Å². The Morgan fingerprint density at radius 3 is 2.44 bits per heavy atom. The molecule has 27 heavy (non-hydrogen) atoms. The van der Waals surface area contributed by atoms with Crippen molar-refractivity contribution < 1.29 is 32.4 Å². The third-order valence-electron chi connectivity index (χ3n) is 3.64. The summed E-state index contributed by atoms with van der Waals surface area (Å²) < 4.78 is 42.8. The Hall–Kier alpha value is -2.30. The predicted molar refractivity (Wildman–Crippen MR) is 92.3 cm³/mol. The zero-order valence-corrected chi connectivity index (χ0v) is 15.7. The molecular weight excluding hydrogens is 389 g/mol. The second kappa shape index (κ2) is 9.07. The first-order valence-electron chi connectivity index (χ1n) is 7.82. The van der Waals surface area contributed by atoms with Crippen LogP contribution in [0.3, 0.4) is 0 Å². The van der Waals surface area contributed by atoms with Crippen LogP contribution >= 0.6 is 11.8 Å². The molecule has 0 bridgehead atoms. The number of methoxy groups -OCH3 is 1. The second-order valence-corrected chi connectivity index (χ2v) is 6.87. The lowest BCUT2D eigenvalue weighted by Crippen LogP contribution is -2.53. The molecule has 150 valence electrons. The number of alkyl halides is 3. The third-order valence-corrected chi connectivity index (χ3v) is 4.71. The average molecular weight is 408 g/mol. The number of ether oxygens (including phenoxy) is 1. The molecule has 0 spiro atoms. The van der Waals surface area contributed by atoms with Crippen molar-refractivity contribution in [3.05, 3.63) is 33.9 Å². The topological polar surface area (TPSA) is 98.5 Å². The van der Waals surface area contributed by atoms with Gasteiger partial charge in [0.05, 0.1) is 28.2 Å². The highest BCUT2D eigenvalue weighted by molar-refractivity contribution is 8.00. The van der Waals surface area contributed by atoms with Gasteiger partial charge in [-0.1, -0.05) is 13.3 Å². The van der Waals surface area contributed by atoms with Gasteiger partial charge in [0.25, 0.3) is 5.69 Å². The maximum absolute atomic E-state index is 12.7. The second-order valence-electron chi connectivity index (χ2n) is 5.85. The van der Waals surface area contributed by atoms with E-state index >= 15 is 0 Å². The number of carbonyl (C=O) groups excluding carboxylic acids is 2. The fourth-order valence-electron chi connectivity index (χ4n) is 2.39. The van der Waals surface area contributed by atoms with Gasteiger partial charge in [-0.3, -0.25) is 14.9 Å². The number of amides is 1. The molecule has 1 N–H and O–H groups in total. The van der Waals surface area contributed by atoms with E-state index in [1.165, 1.54) is 14.0 Å². The summed E-state index contributed by atoms with van der Waals surface area (Å²) in [6.45, 7) is 3.30. The lowest BCUT2D eigenvalue weighted by atomic mass is 9.96. The molecule has 0 radical (unpaired) electrons. The van der Waals surface area contributed by atoms with Gasteiger partial charge in [0, 0.05) is 6.07 Å². The minimum Gasteiger partial charge on any atom is -0.467 e. The van der Waals surface area contributed by atoms with Crippen LogP contribution < -0.4 is 5.32 Å². The van der Waals surface area contributed by atoms with Gasteiger partial charge in [0.1, 0.15) is 5.54 Å². The van der Waals surface area contributed by atoms with Crippen LogP contribution in [0.4, 0.5) is 18.9 Å². The minimum absolute atomic E-state index is 0.0848. The van der Waals surface area contributed by atoms with Crippen molar-refractivity contribution >= 4 is 29.3 Å². The number of halogens is 3. The summed E-state index contributed by atoms with van der Waals surface area (Å²) in [6.07, 6.45) is -3.81. The first kappa shape index (κ1) is 22.7. The first-order valence-corrected chi connectivity index (χ1v) is 8.81. The molecule has 0 aromatic heterocycles. The molecule has 1 aromatic rings. The lowest BCUT2D eigenvalue weighted by molar-refractivity contribution is -0.388. The van der Waals surface area contributed by atoms with Crippen LogP contribution in [-0.2, 0) is 20.5 Å². The molecule has 1 unspecified atom stereocenters. The third kappa shape index (κ3) is 6.12. The number of hydrogen-bond donors (Lipinski definition) is 1. The molecule has 0 aliphatic carbocycles. The standard InChI is InChI=1S/C16H19F3N2O5S/c1-4-7-15(2,14(23)26-3)20-13(22)9-27-12-6-5-10(16(17,18)19)8-11(12)21(24)25/h5-6,8H,4,7,9H2,1-3H3,(H,20,22). The normalized spacial score (nSPS) is 13.6. The summed E-state index contributed by atoms with van der Waals surface area (Å²) in [4.78, 5) is 34.0. The van der Waals surface area contributed by atoms with Crippen molar-refractivity contribution in [3.63, 3.8) is 0 Å². The SMILES string of the molecule is CCCC(C)(NC(=O)CSc1ccc(C(F)(F)F)cc1[N+](=O)[O-])C(=O)OC. The predicted octanol–water partition coefficient (Wildman–Crippen LogP) is 3.55. The Morgan fingerprint density at radius 2 is 1.96 bits per heavy atom. The Bertz CT molecular complexity index is 726. The van der Waals surface area contributed by atoms with E-state index in [0.29, 0.717) is 36.7 Å². The van der Waals surface area contributed by atoms with Gasteiger partial charge in [0.2, 0.25) is 5.91 Å². The van der Waals surface area contributed by atoms with E-state index < -0.39 is 39.8 Å². The number of nitro groups is 1. The molecule has 0 heterocycles. The highest BCUT2D eigenvalue weighted by atomic mass is 32.2. The van der Waals surface area contributed by atoms with Gasteiger partial charge in [-0.15, -0.1) is 11.8 Å². The average Bonchev–Trinajstić information content (AvgIpc) is 2.58. The van der Waals surface area contributed by atoms with Crippen LogP contribution in [0, 0.1) is 10.1 Å². The number of nitro benzene ring substituents is 1. The molecule has 1 atom stereocenters. The van der Waals surface area contributed by atoms with Crippen LogP contribution in [-0.4, -0.2) is 35.2 Å². The van der Waals surface area contributed by atoms with Crippen LogP contribution in [0.15, 0.2) is 23.1 Å². The zero-order chi connectivity index (χ0) is 20.8. The summed E-state index contributed by atoms with van der Waals surface area (Å²) in [6, 6.07) is 2.09. The molecule has 11 heteroatoms. The summed E-state index contributed by atoms with van der Waals surface area (Å²) in [7, 11) is 1.18. The van der Waals surface area contributed by atoms with E-state index in [-0.39, 0.29) is 10.6 Å². The van der Waals surface area contributed by atoms with Crippen LogP contribution in [0.2, 0.25) is 0 Å². The van der Waals surface area contributed by atoms with Crippen molar-refractivity contribution in [2.75, 3.05) is 12.9 Å². The Balaban J connectivity index is 2.92. The number of rotatable bonds is 8. The number of carbonyl (C=O) groups is 2. The molecule has 1 aromatic carbocycles. The molecule has 7 nitrogen and oxygen atoms in total. The number of nitrogens with zero attached hydrogens (tertiary/aromatic N) is 1. The molecule has 1 amide bonds. The fourth-order valence-corrected chi connectivity index (χ4v) is 3.19. The molecular formula is C16H19F3N2O5S. The van der Waals surface area contributed by atoms with E-state index in [2.05, 4.69) is 10.1 Å². The van der Waals surface area contributed by atoms with E-state index in [4.69, 9.17) is 0 Å². The highest BCUT2D eigenvalue weighted by Crippen LogP contribution is 2.36. The highest BCUT2D eigenvalue weighted by Gasteiger charge is 2.36. The smallest absolute Gasteiger partial charge is 0.416 e. The van der Waals surface area contributed by atoms with Crippen molar-refractivity contribution in [3.8, 4) is 0 Å². The summed E-state index contributed by atoms with van der Waals surface area (Å²) in [5.74, 6) is -1.55. The molecule has 0 aliphatic rings. The van der Waals surface area contributed by atoms with Gasteiger partial charge in [-0.05, 0) is 25.5 Å². The monoisotopic (exact) mass is 408 g/mol. The van der Waals surface area contributed by atoms with Gasteiger partial charge < -0.3 is 10.1 Å². The summed E-state index contributed by atoms with van der Waals surface area (Å²) >= 11 is 0.708. The van der Waals surface area contributed by atoms with Crippen LogP contribution in [0.1, 0.15) is 32.3 Å². The largest absolute Gasteiger partial charge is 0.467 e. The maximum atomic E-state index is 12.7. The van der Waals surface area contributed by atoms with E-state index in [0.717, 1.165) is 6.07 Å². The van der Waals surface area contributed by atoms with Crippen LogP contribution in [0.5, 0.6) is 0 Å². The lowest BCUT2D eigenvalue weighted by Gasteiger charge is -2.27. The number of thioether (sulfide) groups is 1. The molecule has 1 rings (SSSR count). The van der Waals surface area contributed by atoms with Crippen LogP contribution in [0.25, 0.3) is 0 Å². The first-order chi connectivity index (χ1) is 12.4. The van der Waals surface area contributed by atoms with E-state index in [1.54, 1.807) is 0 Å². The van der Waals surface area contributed by atoms with Gasteiger partial charge in [-0.25, -0.2) is 4.79 Å². The maximum Gasteiger partial charge on any atom is 0.416 e. The van der Waals surface area contributed by atoms with E-state index in [9.17, 15) is 32.9 Å². The molecule has 0 saturated carbocycles. The number of nitrogens with one attached hydrogen (secondary N) is 1. The van der Waals surface area contributed by atoms with Crippen molar-refractivity contribution in [1.82, 2.24) is 5.32 Å². The number of benzene rings is 1. The van der Waals surface area contributed by atoms with Crippen molar-refractivity contribution in [2.24, 2.45) is 0 Å². The number of esters is 1. The summed E-state index contributed by atoms with van der Waals surface area (Å²) in [5, 5.41) is 13.6. The molecule has 0 fully saturated rings. The van der Waals surface area contributed by atoms with Gasteiger partial charge >= 0.3 is 12.1 Å². The number of hydrogen-bond acceptors (Lipinski definition) is 6. The minimum atomic E-state index is -4.71. The van der Waals surface area contributed by atoms with Crippen molar-refractivity contribution in [2.45, 2.75) is 43.3 Å². The van der Waals surface area contributed by atoms with Gasteiger partial charge in [-0.2, -0.15) is 13.2 Å². The fraction of sp³-hybridized carbons (Fsp3) is 0.500. The van der Waals surface area contributed by atoms with E-state index in [1.807, 2.05) is 6.92 Å². The zero-order valence-electron chi connectivity index (χ0n) is 14.9.